The van der Waals surface area contributed by atoms with Crippen LogP contribution in [0.5, 0.6) is 0 Å². The summed E-state index contributed by atoms with van der Waals surface area (Å²) in [6.07, 6.45) is 1.72. The highest BCUT2D eigenvalue weighted by Crippen LogP contribution is 2.32. The Hall–Kier alpha value is -4.14. The van der Waals surface area contributed by atoms with Crippen molar-refractivity contribution in [2.75, 3.05) is 37.7 Å². The summed E-state index contributed by atoms with van der Waals surface area (Å²) in [4.78, 5) is 101. The van der Waals surface area contributed by atoms with Crippen LogP contribution in [0.15, 0.2) is 60.7 Å². The van der Waals surface area contributed by atoms with E-state index in [1.54, 1.807) is 21.6 Å². The molecule has 2 aromatic rings. The van der Waals surface area contributed by atoms with Gasteiger partial charge in [0.15, 0.2) is 17.3 Å². The third-order valence-corrected chi connectivity index (χ3v) is 11.4. The van der Waals surface area contributed by atoms with E-state index in [4.69, 9.17) is 5.73 Å². The van der Waals surface area contributed by atoms with Crippen LogP contribution in [0.2, 0.25) is 0 Å². The SMILES string of the molecule is NCC(=O)C[C@@H](Cc1ccccc1)C(=O)NCC(=O)CCC(=O)NCC(=O)C[C@@H](Cc1ccccc1)C(=O)NCC(=O)CCC(=O)C1CCSSCC1. The number of ketones is 5. The lowest BCUT2D eigenvalue weighted by Crippen LogP contribution is -2.38. The maximum Gasteiger partial charge on any atom is 0.224 e. The molecule has 14 heteroatoms. The summed E-state index contributed by atoms with van der Waals surface area (Å²) in [7, 11) is 3.53. The molecule has 0 radical (unpaired) electrons. The van der Waals surface area contributed by atoms with E-state index < -0.39 is 41.1 Å². The predicted molar refractivity (Wildman–Crippen MR) is 206 cm³/mol. The number of amides is 3. The van der Waals surface area contributed by atoms with Crippen molar-refractivity contribution in [3.05, 3.63) is 71.8 Å². The van der Waals surface area contributed by atoms with E-state index in [0.29, 0.717) is 6.42 Å². The van der Waals surface area contributed by atoms with E-state index in [2.05, 4.69) is 16.0 Å². The van der Waals surface area contributed by atoms with Crippen molar-refractivity contribution >= 4 is 68.2 Å². The Labute approximate surface area is 318 Å². The van der Waals surface area contributed by atoms with E-state index in [1.165, 1.54) is 0 Å². The molecule has 1 aliphatic rings. The molecule has 1 fully saturated rings. The molecule has 1 aliphatic heterocycles. The molecule has 12 nitrogen and oxygen atoms in total. The van der Waals surface area contributed by atoms with E-state index in [-0.39, 0.29) is 94.4 Å². The van der Waals surface area contributed by atoms with E-state index >= 15 is 0 Å². The van der Waals surface area contributed by atoms with Gasteiger partial charge in [0.25, 0.3) is 0 Å². The Kier molecular flexibility index (Phi) is 19.8. The maximum atomic E-state index is 13.2. The molecule has 5 N–H and O–H groups in total. The van der Waals surface area contributed by atoms with Crippen molar-refractivity contribution in [1.82, 2.24) is 16.0 Å². The molecule has 0 aromatic heterocycles. The smallest absolute Gasteiger partial charge is 0.224 e. The Morgan fingerprint density at radius 3 is 1.53 bits per heavy atom. The van der Waals surface area contributed by atoms with Crippen molar-refractivity contribution in [1.29, 1.82) is 0 Å². The Morgan fingerprint density at radius 1 is 0.585 bits per heavy atom. The molecule has 0 spiro atoms. The van der Waals surface area contributed by atoms with Crippen LogP contribution in [0.3, 0.4) is 0 Å². The quantitative estimate of drug-likeness (QED) is 0.115. The third kappa shape index (κ3) is 17.5. The molecule has 1 saturated heterocycles. The summed E-state index contributed by atoms with van der Waals surface area (Å²) in [6, 6.07) is 18.3. The Balaban J connectivity index is 1.42. The van der Waals surface area contributed by atoms with E-state index in [1.807, 2.05) is 60.7 Å². The summed E-state index contributed by atoms with van der Waals surface area (Å²) in [5.41, 5.74) is 7.13. The van der Waals surface area contributed by atoms with Crippen LogP contribution < -0.4 is 21.7 Å². The van der Waals surface area contributed by atoms with Crippen LogP contribution in [-0.2, 0) is 51.2 Å². The zero-order valence-electron chi connectivity index (χ0n) is 30.0. The number of hydrogen-bond donors (Lipinski definition) is 4. The van der Waals surface area contributed by atoms with Gasteiger partial charge in [0.2, 0.25) is 17.7 Å². The first-order valence-corrected chi connectivity index (χ1v) is 20.5. The van der Waals surface area contributed by atoms with Crippen LogP contribution in [0.1, 0.15) is 62.5 Å². The highest BCUT2D eigenvalue weighted by molar-refractivity contribution is 8.76. The van der Waals surface area contributed by atoms with Crippen molar-refractivity contribution in [2.24, 2.45) is 23.5 Å². The number of rotatable bonds is 24. The van der Waals surface area contributed by atoms with Crippen LogP contribution in [-0.4, -0.2) is 84.3 Å². The molecule has 53 heavy (non-hydrogen) atoms. The van der Waals surface area contributed by atoms with Crippen LogP contribution >= 0.6 is 21.6 Å². The minimum atomic E-state index is -0.798. The van der Waals surface area contributed by atoms with Gasteiger partial charge in [-0.15, -0.1) is 0 Å². The summed E-state index contributed by atoms with van der Waals surface area (Å²) in [5, 5.41) is 7.69. The first-order chi connectivity index (χ1) is 25.5. The second kappa shape index (κ2) is 24.2. The predicted octanol–water partition coefficient (Wildman–Crippen LogP) is 2.99. The van der Waals surface area contributed by atoms with Gasteiger partial charge in [-0.3, -0.25) is 38.4 Å². The minimum Gasteiger partial charge on any atom is -0.349 e. The van der Waals surface area contributed by atoms with Crippen molar-refractivity contribution < 1.29 is 38.4 Å². The molecule has 0 bridgehead atoms. The van der Waals surface area contributed by atoms with Gasteiger partial charge in [-0.25, -0.2) is 0 Å². The van der Waals surface area contributed by atoms with Gasteiger partial charge < -0.3 is 21.7 Å². The summed E-state index contributed by atoms with van der Waals surface area (Å²) < 4.78 is 0. The molecule has 3 rings (SSSR count). The van der Waals surface area contributed by atoms with Crippen molar-refractivity contribution in [3.63, 3.8) is 0 Å². The third-order valence-electron chi connectivity index (χ3n) is 8.89. The number of benzene rings is 2. The fourth-order valence-electron chi connectivity index (χ4n) is 5.82. The molecule has 0 aliphatic carbocycles. The molecule has 0 saturated carbocycles. The second-order valence-corrected chi connectivity index (χ2v) is 15.8. The highest BCUT2D eigenvalue weighted by Gasteiger charge is 2.25. The molecular weight excluding hydrogens is 717 g/mol. The largest absolute Gasteiger partial charge is 0.349 e. The van der Waals surface area contributed by atoms with E-state index in [9.17, 15) is 38.4 Å². The molecule has 2 atom stereocenters. The van der Waals surface area contributed by atoms with Gasteiger partial charge in [0.1, 0.15) is 11.6 Å². The normalized spacial score (nSPS) is 14.2. The van der Waals surface area contributed by atoms with Gasteiger partial charge in [0, 0.05) is 67.8 Å². The lowest BCUT2D eigenvalue weighted by Gasteiger charge is -2.17. The zero-order chi connectivity index (χ0) is 38.4. The molecule has 3 amide bonds. The topological polar surface area (TPSA) is 199 Å². The van der Waals surface area contributed by atoms with Crippen molar-refractivity contribution in [3.8, 4) is 0 Å². The Morgan fingerprint density at radius 2 is 1.04 bits per heavy atom. The summed E-state index contributed by atoms with van der Waals surface area (Å²) in [5.74, 6) is -2.43. The maximum absolute atomic E-state index is 13.2. The van der Waals surface area contributed by atoms with E-state index in [0.717, 1.165) is 35.5 Å². The lowest BCUT2D eigenvalue weighted by atomic mass is 9.93. The van der Waals surface area contributed by atoms with Gasteiger partial charge in [0.05, 0.1) is 26.2 Å². The van der Waals surface area contributed by atoms with Crippen molar-refractivity contribution in [2.45, 2.75) is 64.2 Å². The first kappa shape index (κ1) is 43.3. The van der Waals surface area contributed by atoms with Gasteiger partial charge >= 0.3 is 0 Å². The molecule has 2 aromatic carbocycles. The molecule has 1 heterocycles. The van der Waals surface area contributed by atoms with Crippen LogP contribution in [0.25, 0.3) is 0 Å². The first-order valence-electron chi connectivity index (χ1n) is 18.0. The second-order valence-electron chi connectivity index (χ2n) is 13.1. The molecule has 0 unspecified atom stereocenters. The number of nitrogens with one attached hydrogen (secondary N) is 3. The lowest BCUT2D eigenvalue weighted by molar-refractivity contribution is -0.131. The summed E-state index contributed by atoms with van der Waals surface area (Å²) in [6.45, 7) is -1.10. The molecular formula is C39H50N4O8S2. The average molecular weight is 767 g/mol. The van der Waals surface area contributed by atoms with Gasteiger partial charge in [-0.05, 0) is 36.8 Å². The Bertz CT molecular complexity index is 1550. The fraction of sp³-hybridized carbons (Fsp3) is 0.487. The number of hydrogen-bond acceptors (Lipinski definition) is 11. The van der Waals surface area contributed by atoms with Crippen LogP contribution in [0, 0.1) is 17.8 Å². The number of Topliss-reactive ketones (excluding diaryl/α,β-unsaturated/α-hetero) is 5. The number of nitrogens with two attached hydrogens (primary N) is 1. The standard InChI is InChI=1S/C39H50N4O8S2/c40-23-34(46)21-30(19-27-7-3-1-4-8-27)38(50)43-25-33(45)12-14-37(49)41-26-35(47)22-31(20-28-9-5-2-6-10-28)39(51)42-24-32(44)11-13-36(48)29-15-17-52-53-18-16-29/h1-10,29-31H,11-26,40H2,(H,41,49)(H,42,51)(H,43,50)/t30-,31-/m1/s1. The zero-order valence-corrected chi connectivity index (χ0v) is 31.6. The minimum absolute atomic E-state index is 0.0287. The number of carbonyl (C=O) groups is 8. The summed E-state index contributed by atoms with van der Waals surface area (Å²) >= 11 is 0. The van der Waals surface area contributed by atoms with Crippen LogP contribution in [0.4, 0.5) is 0 Å². The molecule has 286 valence electrons. The fourth-order valence-corrected chi connectivity index (χ4v) is 8.11. The highest BCUT2D eigenvalue weighted by atomic mass is 33.1. The monoisotopic (exact) mass is 766 g/mol. The average Bonchev–Trinajstić information content (AvgIpc) is 3.46. The van der Waals surface area contributed by atoms with Gasteiger partial charge in [-0.1, -0.05) is 82.3 Å². The number of carbonyl (C=O) groups excluding carboxylic acids is 8. The van der Waals surface area contributed by atoms with Gasteiger partial charge in [-0.2, -0.15) is 0 Å².